The van der Waals surface area contributed by atoms with Gasteiger partial charge in [-0.15, -0.1) is 0 Å². The van der Waals surface area contributed by atoms with E-state index in [0.717, 1.165) is 12.8 Å². The van der Waals surface area contributed by atoms with Gasteiger partial charge >= 0.3 is 9.15 Å². The molecule has 1 atom stereocenters. The molecular formula is C12H27NO3S2. The second-order valence-corrected chi connectivity index (χ2v) is 7.98. The van der Waals surface area contributed by atoms with Gasteiger partial charge in [0.15, 0.2) is 0 Å². The van der Waals surface area contributed by atoms with Crippen molar-refractivity contribution in [1.29, 1.82) is 0 Å². The quantitative estimate of drug-likeness (QED) is 0.329. The zero-order valence-electron chi connectivity index (χ0n) is 11.5. The molecule has 0 saturated heterocycles. The normalized spacial score (nSPS) is 13.7. The lowest BCUT2D eigenvalue weighted by Gasteiger charge is -2.16. The molecule has 0 fully saturated rings. The van der Waals surface area contributed by atoms with Gasteiger partial charge in [-0.25, -0.2) is 0 Å². The highest BCUT2D eigenvalue weighted by atomic mass is 33.1. The van der Waals surface area contributed by atoms with E-state index >= 15 is 0 Å². The third kappa shape index (κ3) is 12.7. The van der Waals surface area contributed by atoms with Gasteiger partial charge < -0.3 is 5.32 Å². The summed E-state index contributed by atoms with van der Waals surface area (Å²) in [5.74, 6) is 0.394. The topological polar surface area (TPSA) is 66.4 Å². The molecule has 0 aliphatic carbocycles. The molecule has 0 radical (unpaired) electrons. The van der Waals surface area contributed by atoms with Crippen LogP contribution >= 0.6 is 10.8 Å². The molecule has 1 unspecified atom stereocenters. The molecule has 0 saturated carbocycles. The minimum atomic E-state index is -3.88. The maximum Gasteiger partial charge on any atom is 0.319 e. The number of rotatable bonds is 12. The smallest absolute Gasteiger partial charge is 0.313 e. The van der Waals surface area contributed by atoms with Crippen LogP contribution in [0.3, 0.4) is 0 Å². The molecule has 0 aromatic heterocycles. The minimum Gasteiger partial charge on any atom is -0.313 e. The summed E-state index contributed by atoms with van der Waals surface area (Å²) in [5, 5.41) is 3.34. The van der Waals surface area contributed by atoms with Crippen LogP contribution < -0.4 is 5.32 Å². The van der Waals surface area contributed by atoms with E-state index in [2.05, 4.69) is 19.2 Å². The van der Waals surface area contributed by atoms with Crippen LogP contribution in [0.5, 0.6) is 0 Å². The van der Waals surface area contributed by atoms with Crippen molar-refractivity contribution in [2.24, 2.45) is 0 Å². The van der Waals surface area contributed by atoms with Crippen molar-refractivity contribution in [2.75, 3.05) is 12.3 Å². The van der Waals surface area contributed by atoms with E-state index in [9.17, 15) is 8.42 Å². The highest BCUT2D eigenvalue weighted by molar-refractivity contribution is 8.69. The lowest BCUT2D eigenvalue weighted by molar-refractivity contribution is 0.454. The van der Waals surface area contributed by atoms with Gasteiger partial charge in [0.05, 0.1) is 0 Å². The van der Waals surface area contributed by atoms with E-state index in [1.165, 1.54) is 32.1 Å². The summed E-state index contributed by atoms with van der Waals surface area (Å²) in [6.45, 7) is 4.97. The Morgan fingerprint density at radius 1 is 1.17 bits per heavy atom. The molecule has 6 heteroatoms. The summed E-state index contributed by atoms with van der Waals surface area (Å²) in [6, 6.07) is 0.466. The monoisotopic (exact) mass is 297 g/mol. The van der Waals surface area contributed by atoms with Crippen LogP contribution in [0.4, 0.5) is 0 Å². The molecule has 0 rings (SSSR count). The van der Waals surface area contributed by atoms with E-state index < -0.39 is 9.15 Å². The maximum atomic E-state index is 10.5. The largest absolute Gasteiger partial charge is 0.319 e. The summed E-state index contributed by atoms with van der Waals surface area (Å²) in [4.78, 5) is 0. The van der Waals surface area contributed by atoms with Crippen molar-refractivity contribution in [1.82, 2.24) is 5.32 Å². The fourth-order valence-corrected chi connectivity index (χ4v) is 3.15. The van der Waals surface area contributed by atoms with Gasteiger partial charge in [-0.2, -0.15) is 8.42 Å². The van der Waals surface area contributed by atoms with Gasteiger partial charge in [-0.05, 0) is 23.6 Å². The van der Waals surface area contributed by atoms with Gasteiger partial charge in [0.1, 0.15) is 0 Å². The lowest BCUT2D eigenvalue weighted by atomic mass is 10.0. The van der Waals surface area contributed by atoms with Crippen LogP contribution in [0.25, 0.3) is 0 Å². The van der Waals surface area contributed by atoms with Gasteiger partial charge in [0.2, 0.25) is 0 Å². The van der Waals surface area contributed by atoms with Crippen LogP contribution in [0, 0.1) is 0 Å². The molecule has 0 bridgehead atoms. The first-order valence-electron chi connectivity index (χ1n) is 6.84. The van der Waals surface area contributed by atoms with Gasteiger partial charge in [0, 0.05) is 18.3 Å². The average Bonchev–Trinajstić information content (AvgIpc) is 2.30. The van der Waals surface area contributed by atoms with Crippen molar-refractivity contribution in [3.63, 3.8) is 0 Å². The Morgan fingerprint density at radius 2 is 1.83 bits per heavy atom. The van der Waals surface area contributed by atoms with Crippen molar-refractivity contribution >= 4 is 19.9 Å². The Kier molecular flexibility index (Phi) is 11.2. The van der Waals surface area contributed by atoms with Crippen LogP contribution in [-0.4, -0.2) is 31.3 Å². The predicted molar refractivity (Wildman–Crippen MR) is 79.5 cm³/mol. The van der Waals surface area contributed by atoms with Crippen LogP contribution in [0.2, 0.25) is 0 Å². The molecular weight excluding hydrogens is 270 g/mol. The van der Waals surface area contributed by atoms with Crippen molar-refractivity contribution < 1.29 is 13.0 Å². The zero-order chi connectivity index (χ0) is 13.9. The van der Waals surface area contributed by atoms with Crippen molar-refractivity contribution in [2.45, 2.75) is 64.8 Å². The Labute approximate surface area is 115 Å². The van der Waals surface area contributed by atoms with Gasteiger partial charge in [-0.1, -0.05) is 46.0 Å². The number of hydrogen-bond acceptors (Lipinski definition) is 4. The van der Waals surface area contributed by atoms with E-state index in [4.69, 9.17) is 4.55 Å². The predicted octanol–water partition coefficient (Wildman–Crippen LogP) is 3.25. The Balaban J connectivity index is 3.52. The molecule has 0 heterocycles. The van der Waals surface area contributed by atoms with Gasteiger partial charge in [-0.3, -0.25) is 4.55 Å². The second kappa shape index (κ2) is 11.1. The van der Waals surface area contributed by atoms with E-state index in [1.807, 2.05) is 0 Å². The summed E-state index contributed by atoms with van der Waals surface area (Å²) >= 11 is 0. The third-order valence-corrected chi connectivity index (χ3v) is 4.98. The standard InChI is InChI=1S/C12H27NO3S2/c1-3-5-6-7-8-9-12(4-2)13-10-11-17-18(14,15)16/h12-13H,3-11H2,1-2H3,(H,14,15,16). The molecule has 0 amide bonds. The molecule has 2 N–H and O–H groups in total. The molecule has 4 nitrogen and oxygen atoms in total. The van der Waals surface area contributed by atoms with Gasteiger partial charge in [0.25, 0.3) is 0 Å². The highest BCUT2D eigenvalue weighted by Gasteiger charge is 2.07. The first-order chi connectivity index (χ1) is 8.49. The van der Waals surface area contributed by atoms with Crippen molar-refractivity contribution in [3.05, 3.63) is 0 Å². The SMILES string of the molecule is CCCCCCCC(CC)NCCSS(=O)(=O)O. The van der Waals surface area contributed by atoms with E-state index in [0.29, 0.717) is 29.1 Å². The lowest BCUT2D eigenvalue weighted by Crippen LogP contribution is -2.30. The number of unbranched alkanes of at least 4 members (excludes halogenated alkanes) is 4. The van der Waals surface area contributed by atoms with Crippen LogP contribution in [0.15, 0.2) is 0 Å². The first-order valence-corrected chi connectivity index (χ1v) is 9.79. The minimum absolute atomic E-state index is 0.394. The maximum absolute atomic E-state index is 10.5. The molecule has 0 aliphatic heterocycles. The highest BCUT2D eigenvalue weighted by Crippen LogP contribution is 2.10. The molecule has 0 aromatic carbocycles. The Hall–Kier alpha value is 0.220. The molecule has 0 aromatic rings. The molecule has 0 aliphatic rings. The fourth-order valence-electron chi connectivity index (χ4n) is 1.85. The summed E-state index contributed by atoms with van der Waals surface area (Å²) in [6.07, 6.45) is 8.62. The Morgan fingerprint density at radius 3 is 2.39 bits per heavy atom. The summed E-state index contributed by atoms with van der Waals surface area (Å²) in [7, 11) is -3.29. The van der Waals surface area contributed by atoms with Crippen LogP contribution in [0.1, 0.15) is 58.8 Å². The number of nitrogens with one attached hydrogen (secondary N) is 1. The average molecular weight is 297 g/mol. The summed E-state index contributed by atoms with van der Waals surface area (Å²) in [5.41, 5.74) is 0. The molecule has 0 spiro atoms. The second-order valence-electron chi connectivity index (χ2n) is 4.51. The molecule has 18 heavy (non-hydrogen) atoms. The van der Waals surface area contributed by atoms with Crippen molar-refractivity contribution in [3.8, 4) is 0 Å². The Bertz CT molecular complexity index is 281. The molecule has 110 valence electrons. The summed E-state index contributed by atoms with van der Waals surface area (Å²) < 4.78 is 29.6. The zero-order valence-corrected chi connectivity index (χ0v) is 13.2. The van der Waals surface area contributed by atoms with Crippen LogP contribution in [-0.2, 0) is 9.15 Å². The van der Waals surface area contributed by atoms with E-state index in [-0.39, 0.29) is 0 Å². The third-order valence-electron chi connectivity index (χ3n) is 2.92. The number of hydrogen-bond donors (Lipinski definition) is 2. The van der Waals surface area contributed by atoms with E-state index in [1.54, 1.807) is 0 Å². The fraction of sp³-hybridized carbons (Fsp3) is 1.00. The first kappa shape index (κ1) is 18.2.